The number of carboxylic acid groups (broad SMARTS) is 1. The van der Waals surface area contributed by atoms with Crippen LogP contribution in [0.1, 0.15) is 40.0 Å². The highest BCUT2D eigenvalue weighted by molar-refractivity contribution is 5.71. The van der Waals surface area contributed by atoms with Crippen LogP contribution in [-0.4, -0.2) is 36.5 Å². The molecule has 0 bridgehead atoms. The number of hydrogen-bond donors (Lipinski definition) is 1. The van der Waals surface area contributed by atoms with Gasteiger partial charge < -0.3 is 14.6 Å². The summed E-state index contributed by atoms with van der Waals surface area (Å²) in [7, 11) is 0. The van der Waals surface area contributed by atoms with E-state index < -0.39 is 5.97 Å². The topological polar surface area (TPSA) is 55.8 Å². The molecule has 3 unspecified atom stereocenters. The smallest absolute Gasteiger partial charge is 0.307 e. The molecular formula is C14H24O4. The monoisotopic (exact) mass is 256 g/mol. The Hall–Kier alpha value is -0.610. The molecule has 0 saturated carbocycles. The Morgan fingerprint density at radius 2 is 2.11 bits per heavy atom. The number of ether oxygens (including phenoxy) is 2. The van der Waals surface area contributed by atoms with E-state index in [9.17, 15) is 9.90 Å². The molecule has 2 fully saturated rings. The van der Waals surface area contributed by atoms with Crippen LogP contribution in [0.5, 0.6) is 0 Å². The summed E-state index contributed by atoms with van der Waals surface area (Å²) < 4.78 is 11.3. The van der Waals surface area contributed by atoms with Gasteiger partial charge in [-0.1, -0.05) is 20.8 Å². The van der Waals surface area contributed by atoms with Crippen LogP contribution in [0.2, 0.25) is 0 Å². The Balaban J connectivity index is 2.13. The average Bonchev–Trinajstić information content (AvgIpc) is 2.63. The van der Waals surface area contributed by atoms with Crippen molar-refractivity contribution in [2.45, 2.75) is 45.6 Å². The van der Waals surface area contributed by atoms with Crippen molar-refractivity contribution in [1.82, 2.24) is 0 Å². The summed E-state index contributed by atoms with van der Waals surface area (Å²) >= 11 is 0. The summed E-state index contributed by atoms with van der Waals surface area (Å²) in [6.45, 7) is 8.06. The number of hydrogen-bond acceptors (Lipinski definition) is 3. The van der Waals surface area contributed by atoms with Gasteiger partial charge in [0.2, 0.25) is 0 Å². The van der Waals surface area contributed by atoms with Crippen LogP contribution in [-0.2, 0) is 14.3 Å². The van der Waals surface area contributed by atoms with Crippen molar-refractivity contribution in [3.63, 3.8) is 0 Å². The van der Waals surface area contributed by atoms with E-state index in [1.165, 1.54) is 0 Å². The van der Waals surface area contributed by atoms with E-state index in [1.54, 1.807) is 0 Å². The van der Waals surface area contributed by atoms with Crippen molar-refractivity contribution in [2.75, 3.05) is 19.8 Å². The summed E-state index contributed by atoms with van der Waals surface area (Å²) in [6, 6.07) is 0. The van der Waals surface area contributed by atoms with Crippen molar-refractivity contribution in [1.29, 1.82) is 0 Å². The molecule has 4 nitrogen and oxygen atoms in total. The highest BCUT2D eigenvalue weighted by atomic mass is 16.6. The molecule has 0 aromatic carbocycles. The van der Waals surface area contributed by atoms with Crippen molar-refractivity contribution in [3.05, 3.63) is 0 Å². The van der Waals surface area contributed by atoms with Gasteiger partial charge in [0.05, 0.1) is 18.1 Å². The summed E-state index contributed by atoms with van der Waals surface area (Å²) in [5.41, 5.74) is -0.420. The number of rotatable bonds is 2. The Morgan fingerprint density at radius 3 is 2.61 bits per heavy atom. The van der Waals surface area contributed by atoms with Gasteiger partial charge in [-0.15, -0.1) is 0 Å². The summed E-state index contributed by atoms with van der Waals surface area (Å²) in [5, 5.41) is 9.52. The van der Waals surface area contributed by atoms with Crippen LogP contribution in [0, 0.1) is 17.3 Å². The number of carbonyl (C=O) groups is 1. The van der Waals surface area contributed by atoms with E-state index in [-0.39, 0.29) is 22.9 Å². The van der Waals surface area contributed by atoms with Gasteiger partial charge in [0, 0.05) is 19.6 Å². The molecule has 0 aromatic heterocycles. The lowest BCUT2D eigenvalue weighted by molar-refractivity contribution is -0.157. The minimum Gasteiger partial charge on any atom is -0.481 e. The van der Waals surface area contributed by atoms with Crippen LogP contribution in [0.15, 0.2) is 0 Å². The third kappa shape index (κ3) is 2.69. The first-order valence-electron chi connectivity index (χ1n) is 6.79. The Bertz CT molecular complexity index is 312. The number of carboxylic acids is 1. The molecule has 3 atom stereocenters. The molecule has 18 heavy (non-hydrogen) atoms. The lowest BCUT2D eigenvalue weighted by Gasteiger charge is -2.42. The maximum Gasteiger partial charge on any atom is 0.307 e. The van der Waals surface area contributed by atoms with Gasteiger partial charge in [0.15, 0.2) is 0 Å². The van der Waals surface area contributed by atoms with Gasteiger partial charge in [-0.2, -0.15) is 0 Å². The lowest BCUT2D eigenvalue weighted by atomic mass is 9.68. The molecule has 1 N–H and O–H groups in total. The van der Waals surface area contributed by atoms with Gasteiger partial charge in [0.25, 0.3) is 0 Å². The average molecular weight is 256 g/mol. The van der Waals surface area contributed by atoms with Crippen LogP contribution >= 0.6 is 0 Å². The van der Waals surface area contributed by atoms with Gasteiger partial charge in [-0.05, 0) is 24.2 Å². The van der Waals surface area contributed by atoms with E-state index in [1.807, 2.05) is 20.8 Å². The van der Waals surface area contributed by atoms with Crippen molar-refractivity contribution in [3.8, 4) is 0 Å². The van der Waals surface area contributed by atoms with E-state index in [2.05, 4.69) is 0 Å². The van der Waals surface area contributed by atoms with Crippen LogP contribution in [0.3, 0.4) is 0 Å². The minimum absolute atomic E-state index is 0.193. The molecule has 0 aliphatic carbocycles. The first-order valence-corrected chi connectivity index (χ1v) is 6.79. The fourth-order valence-electron chi connectivity index (χ4n) is 3.49. The van der Waals surface area contributed by atoms with Crippen LogP contribution < -0.4 is 0 Å². The van der Waals surface area contributed by atoms with Gasteiger partial charge >= 0.3 is 5.97 Å². The van der Waals surface area contributed by atoms with Crippen LogP contribution in [0.4, 0.5) is 0 Å². The Labute approximate surface area is 109 Å². The third-order valence-corrected chi connectivity index (χ3v) is 4.27. The maximum absolute atomic E-state index is 11.6. The van der Waals surface area contributed by atoms with Gasteiger partial charge in [-0.3, -0.25) is 4.79 Å². The molecular weight excluding hydrogens is 232 g/mol. The highest BCUT2D eigenvalue weighted by Gasteiger charge is 2.47. The second kappa shape index (κ2) is 4.82. The molecule has 2 heterocycles. The third-order valence-electron chi connectivity index (χ3n) is 4.27. The zero-order valence-electron chi connectivity index (χ0n) is 11.6. The molecule has 2 aliphatic heterocycles. The molecule has 0 aromatic rings. The number of aliphatic carboxylic acids is 1. The summed E-state index contributed by atoms with van der Waals surface area (Å²) in [6.07, 6.45) is 2.57. The summed E-state index contributed by atoms with van der Waals surface area (Å²) in [4.78, 5) is 11.6. The zero-order valence-corrected chi connectivity index (χ0v) is 11.6. The van der Waals surface area contributed by atoms with Crippen molar-refractivity contribution >= 4 is 5.97 Å². The normalized spacial score (nSPS) is 34.7. The predicted molar refractivity (Wildman–Crippen MR) is 67.4 cm³/mol. The molecule has 2 rings (SSSR count). The van der Waals surface area contributed by atoms with E-state index in [0.717, 1.165) is 25.9 Å². The van der Waals surface area contributed by atoms with E-state index >= 15 is 0 Å². The zero-order chi connectivity index (χ0) is 13.4. The highest BCUT2D eigenvalue weighted by Crippen LogP contribution is 2.44. The standard InChI is InChI=1S/C14H24O4/c1-13(2,3)11(12(15)16)10-4-6-18-14(8-10)5-7-17-9-14/h10-11H,4-9H2,1-3H3,(H,15,16). The molecule has 1 spiro atoms. The van der Waals surface area contributed by atoms with Crippen LogP contribution in [0.25, 0.3) is 0 Å². The largest absolute Gasteiger partial charge is 0.481 e. The fourth-order valence-corrected chi connectivity index (χ4v) is 3.49. The Kier molecular flexibility index (Phi) is 3.70. The molecule has 2 aliphatic rings. The molecule has 0 radical (unpaired) electrons. The maximum atomic E-state index is 11.6. The lowest BCUT2D eigenvalue weighted by Crippen LogP contribution is -2.46. The predicted octanol–water partition coefficient (Wildman–Crippen LogP) is 2.32. The van der Waals surface area contributed by atoms with Gasteiger partial charge in [-0.25, -0.2) is 0 Å². The second-order valence-electron chi connectivity index (χ2n) is 6.77. The molecule has 104 valence electrons. The first kappa shape index (κ1) is 13.8. The first-order chi connectivity index (χ1) is 8.34. The quantitative estimate of drug-likeness (QED) is 0.823. The molecule has 4 heteroatoms. The Morgan fingerprint density at radius 1 is 1.39 bits per heavy atom. The van der Waals surface area contributed by atoms with E-state index in [4.69, 9.17) is 9.47 Å². The summed E-state index contributed by atoms with van der Waals surface area (Å²) in [5.74, 6) is -0.791. The molecule has 2 saturated heterocycles. The van der Waals surface area contributed by atoms with E-state index in [0.29, 0.717) is 13.2 Å². The minimum atomic E-state index is -0.677. The van der Waals surface area contributed by atoms with Crippen molar-refractivity contribution < 1.29 is 19.4 Å². The van der Waals surface area contributed by atoms with Crippen molar-refractivity contribution in [2.24, 2.45) is 17.3 Å². The SMILES string of the molecule is CC(C)(C)C(C(=O)O)C1CCOC2(CCOC2)C1. The second-order valence-corrected chi connectivity index (χ2v) is 6.77. The molecule has 0 amide bonds. The van der Waals surface area contributed by atoms with Gasteiger partial charge in [0.1, 0.15) is 0 Å². The fraction of sp³-hybridized carbons (Fsp3) is 0.929.